The van der Waals surface area contributed by atoms with E-state index in [0.717, 1.165) is 12.1 Å². The van der Waals surface area contributed by atoms with Gasteiger partial charge >= 0.3 is 6.03 Å². The lowest BCUT2D eigenvalue weighted by atomic mass is 10.4. The van der Waals surface area contributed by atoms with E-state index in [-0.39, 0.29) is 0 Å². The summed E-state index contributed by atoms with van der Waals surface area (Å²) in [4.78, 5) is 10.2. The Hall–Kier alpha value is -0.990. The Balaban J connectivity index is 3.62. The molecule has 52 valence electrons. The van der Waals surface area contributed by atoms with E-state index in [0.29, 0.717) is 0 Å². The van der Waals surface area contributed by atoms with Crippen molar-refractivity contribution < 1.29 is 4.79 Å². The lowest BCUT2D eigenvalue weighted by molar-refractivity contribution is 0.251. The number of urea groups is 1. The van der Waals surface area contributed by atoms with Crippen LogP contribution in [0.4, 0.5) is 4.79 Å². The Labute approximate surface area is 54.9 Å². The number of carbonyl (C=O) groups is 1. The van der Waals surface area contributed by atoms with Crippen LogP contribution in [-0.2, 0) is 0 Å². The minimum Gasteiger partial charge on any atom is -0.351 e. The summed E-state index contributed by atoms with van der Waals surface area (Å²) in [5.41, 5.74) is 5.64. The summed E-state index contributed by atoms with van der Waals surface area (Å²) in [7, 11) is 0. The van der Waals surface area contributed by atoms with Gasteiger partial charge in [-0.1, -0.05) is 13.0 Å². The van der Waals surface area contributed by atoms with E-state index in [9.17, 15) is 4.79 Å². The van der Waals surface area contributed by atoms with Gasteiger partial charge in [-0.05, 0) is 13.3 Å². The van der Waals surface area contributed by atoms with E-state index in [1.54, 1.807) is 6.92 Å². The Morgan fingerprint density at radius 3 is 2.67 bits per heavy atom. The third-order valence-corrected chi connectivity index (χ3v) is 0.831. The van der Waals surface area contributed by atoms with Crippen molar-refractivity contribution >= 4 is 6.03 Å². The molecule has 3 N–H and O–H groups in total. The van der Waals surface area contributed by atoms with Crippen molar-refractivity contribution in [2.45, 2.75) is 20.3 Å². The normalized spacial score (nSPS) is 11.1. The quantitative estimate of drug-likeness (QED) is 0.572. The minimum absolute atomic E-state index is 0.503. The molecule has 0 rings (SSSR count). The molecule has 0 spiro atoms. The van der Waals surface area contributed by atoms with Crippen molar-refractivity contribution in [2.24, 2.45) is 5.73 Å². The first kappa shape index (κ1) is 8.01. The number of nitrogens with one attached hydrogen (secondary N) is 1. The van der Waals surface area contributed by atoms with Gasteiger partial charge in [-0.15, -0.1) is 0 Å². The number of allylic oxidation sites excluding steroid dienone is 2. The molecule has 3 nitrogen and oxygen atoms in total. The Kier molecular flexibility index (Phi) is 3.51. The summed E-state index contributed by atoms with van der Waals surface area (Å²) >= 11 is 0. The van der Waals surface area contributed by atoms with Gasteiger partial charge in [0.05, 0.1) is 0 Å². The van der Waals surface area contributed by atoms with Crippen LogP contribution in [0.1, 0.15) is 20.3 Å². The molecule has 0 radical (unpaired) electrons. The van der Waals surface area contributed by atoms with Gasteiger partial charge in [0.15, 0.2) is 0 Å². The SMILES string of the molecule is CC/C=C(\C)NC(N)=O. The fourth-order valence-electron chi connectivity index (χ4n) is 0.552. The molecule has 0 unspecified atom stereocenters. The van der Waals surface area contributed by atoms with Gasteiger partial charge in [-0.3, -0.25) is 0 Å². The van der Waals surface area contributed by atoms with Crippen molar-refractivity contribution in [3.8, 4) is 0 Å². The van der Waals surface area contributed by atoms with Gasteiger partial charge in [0.1, 0.15) is 0 Å². The largest absolute Gasteiger partial charge is 0.351 e. The molecular weight excluding hydrogens is 116 g/mol. The number of amides is 2. The molecule has 0 heterocycles. The van der Waals surface area contributed by atoms with E-state index in [1.165, 1.54) is 0 Å². The van der Waals surface area contributed by atoms with Crippen LogP contribution in [0.15, 0.2) is 11.8 Å². The molecule has 0 aliphatic carbocycles. The van der Waals surface area contributed by atoms with Gasteiger partial charge in [-0.2, -0.15) is 0 Å². The molecule has 0 atom stereocenters. The molecule has 0 aromatic rings. The summed E-state index contributed by atoms with van der Waals surface area (Å²) in [6.07, 6.45) is 2.80. The summed E-state index contributed by atoms with van der Waals surface area (Å²) < 4.78 is 0. The summed E-state index contributed by atoms with van der Waals surface area (Å²) in [5, 5.41) is 2.44. The van der Waals surface area contributed by atoms with Crippen molar-refractivity contribution in [1.29, 1.82) is 0 Å². The number of hydrogen-bond acceptors (Lipinski definition) is 1. The summed E-state index contributed by atoms with van der Waals surface area (Å²) in [6, 6.07) is -0.503. The fourth-order valence-corrected chi connectivity index (χ4v) is 0.552. The third kappa shape index (κ3) is 4.87. The summed E-state index contributed by atoms with van der Waals surface area (Å²) in [5.74, 6) is 0. The van der Waals surface area contributed by atoms with E-state index in [4.69, 9.17) is 5.73 Å². The molecule has 0 saturated heterocycles. The Bertz CT molecular complexity index is 129. The smallest absolute Gasteiger partial charge is 0.316 e. The molecule has 2 amide bonds. The van der Waals surface area contributed by atoms with Crippen LogP contribution in [0.2, 0.25) is 0 Å². The summed E-state index contributed by atoms with van der Waals surface area (Å²) in [6.45, 7) is 3.79. The number of carbonyl (C=O) groups excluding carboxylic acids is 1. The first-order valence-electron chi connectivity index (χ1n) is 2.90. The third-order valence-electron chi connectivity index (χ3n) is 0.831. The molecule has 9 heavy (non-hydrogen) atoms. The zero-order valence-corrected chi connectivity index (χ0v) is 5.77. The van der Waals surface area contributed by atoms with E-state index in [1.807, 2.05) is 13.0 Å². The molecule has 0 aliphatic rings. The topological polar surface area (TPSA) is 55.1 Å². The van der Waals surface area contributed by atoms with Crippen LogP contribution in [0.25, 0.3) is 0 Å². The standard InChI is InChI=1S/C6H12N2O/c1-3-4-5(2)8-6(7)9/h4H,3H2,1-2H3,(H3,7,8,9)/b5-4+. The van der Waals surface area contributed by atoms with Crippen LogP contribution in [0, 0.1) is 0 Å². The number of rotatable bonds is 2. The van der Waals surface area contributed by atoms with Gasteiger partial charge in [0.2, 0.25) is 0 Å². The minimum atomic E-state index is -0.503. The first-order valence-corrected chi connectivity index (χ1v) is 2.90. The zero-order chi connectivity index (χ0) is 7.28. The monoisotopic (exact) mass is 128 g/mol. The van der Waals surface area contributed by atoms with Crippen molar-refractivity contribution in [3.05, 3.63) is 11.8 Å². The van der Waals surface area contributed by atoms with E-state index < -0.39 is 6.03 Å². The molecule has 3 heteroatoms. The maximum Gasteiger partial charge on any atom is 0.316 e. The maximum atomic E-state index is 10.2. The first-order chi connectivity index (χ1) is 4.16. The average Bonchev–Trinajstić information content (AvgIpc) is 1.63. The van der Waals surface area contributed by atoms with Crippen molar-refractivity contribution in [1.82, 2.24) is 5.32 Å². The van der Waals surface area contributed by atoms with Crippen LogP contribution in [0.5, 0.6) is 0 Å². The molecule has 0 aromatic carbocycles. The van der Waals surface area contributed by atoms with Crippen LogP contribution in [0.3, 0.4) is 0 Å². The predicted molar refractivity (Wildman–Crippen MR) is 36.8 cm³/mol. The second-order valence-electron chi connectivity index (χ2n) is 1.78. The highest BCUT2D eigenvalue weighted by molar-refractivity contribution is 5.73. The molecule has 0 bridgehead atoms. The van der Waals surface area contributed by atoms with Crippen molar-refractivity contribution in [2.75, 3.05) is 0 Å². The number of primary amides is 1. The predicted octanol–water partition coefficient (Wildman–Crippen LogP) is 0.969. The van der Waals surface area contributed by atoms with Gasteiger partial charge in [-0.25, -0.2) is 4.79 Å². The van der Waals surface area contributed by atoms with E-state index >= 15 is 0 Å². The molecule has 0 saturated carbocycles. The lowest BCUT2D eigenvalue weighted by Crippen LogP contribution is -2.27. The zero-order valence-electron chi connectivity index (χ0n) is 5.77. The number of hydrogen-bond donors (Lipinski definition) is 2. The lowest BCUT2D eigenvalue weighted by Gasteiger charge is -1.97. The van der Waals surface area contributed by atoms with Crippen LogP contribution < -0.4 is 11.1 Å². The van der Waals surface area contributed by atoms with Gasteiger partial charge in [0, 0.05) is 5.70 Å². The maximum absolute atomic E-state index is 10.2. The van der Waals surface area contributed by atoms with E-state index in [2.05, 4.69) is 5.32 Å². The second-order valence-corrected chi connectivity index (χ2v) is 1.78. The highest BCUT2D eigenvalue weighted by atomic mass is 16.2. The van der Waals surface area contributed by atoms with Gasteiger partial charge < -0.3 is 11.1 Å². The number of nitrogens with two attached hydrogens (primary N) is 1. The molecule has 0 aromatic heterocycles. The van der Waals surface area contributed by atoms with Gasteiger partial charge in [0.25, 0.3) is 0 Å². The fraction of sp³-hybridized carbons (Fsp3) is 0.500. The van der Waals surface area contributed by atoms with Crippen molar-refractivity contribution in [3.63, 3.8) is 0 Å². The molecule has 0 fully saturated rings. The average molecular weight is 128 g/mol. The van der Waals surface area contributed by atoms with Crippen LogP contribution >= 0.6 is 0 Å². The Morgan fingerprint density at radius 1 is 1.78 bits per heavy atom. The molecular formula is C6H12N2O. The van der Waals surface area contributed by atoms with Crippen LogP contribution in [-0.4, -0.2) is 6.03 Å². The molecule has 0 aliphatic heterocycles. The Morgan fingerprint density at radius 2 is 2.33 bits per heavy atom. The highest BCUT2D eigenvalue weighted by Crippen LogP contribution is 1.87. The highest BCUT2D eigenvalue weighted by Gasteiger charge is 1.89. The second kappa shape index (κ2) is 3.95.